The number of carbonyl (C=O) groups is 3. The molecule has 1 aliphatic heterocycles. The van der Waals surface area contributed by atoms with E-state index in [9.17, 15) is 14.4 Å². The number of methoxy groups -OCH3 is 3. The van der Waals surface area contributed by atoms with E-state index in [1.807, 2.05) is 0 Å². The predicted molar refractivity (Wildman–Crippen MR) is 133 cm³/mol. The molecule has 184 valence electrons. The molecule has 1 aliphatic rings. The molecule has 1 unspecified atom stereocenters. The zero-order valence-corrected chi connectivity index (χ0v) is 20.3. The molecule has 4 rings (SSSR count). The number of benzene rings is 3. The van der Waals surface area contributed by atoms with E-state index in [-0.39, 0.29) is 35.7 Å². The molecule has 0 aromatic heterocycles. The number of hydrogen-bond acceptors (Lipinski definition) is 7. The summed E-state index contributed by atoms with van der Waals surface area (Å²) in [5.74, 6) is 0.115. The fourth-order valence-corrected chi connectivity index (χ4v) is 4.19. The number of hydrogen-bond donors (Lipinski definition) is 0. The Labute approximate surface area is 209 Å². The van der Waals surface area contributed by atoms with Crippen LogP contribution in [0, 0.1) is 0 Å². The van der Waals surface area contributed by atoms with Gasteiger partial charge >= 0.3 is 5.97 Å². The van der Waals surface area contributed by atoms with Crippen molar-refractivity contribution >= 4 is 23.3 Å². The van der Waals surface area contributed by atoms with Crippen LogP contribution in [0.15, 0.2) is 84.4 Å². The third kappa shape index (κ3) is 4.86. The van der Waals surface area contributed by atoms with Gasteiger partial charge in [0.15, 0.2) is 11.6 Å². The predicted octanol–water partition coefficient (Wildman–Crippen LogP) is 4.90. The van der Waals surface area contributed by atoms with Crippen molar-refractivity contribution in [3.05, 3.63) is 101 Å². The zero-order chi connectivity index (χ0) is 25.7. The van der Waals surface area contributed by atoms with Gasteiger partial charge in [0, 0.05) is 28.7 Å². The molecule has 0 bridgehead atoms. The van der Waals surface area contributed by atoms with E-state index in [2.05, 4.69) is 0 Å². The van der Waals surface area contributed by atoms with Gasteiger partial charge in [-0.3, -0.25) is 9.59 Å². The van der Waals surface area contributed by atoms with Gasteiger partial charge in [0.05, 0.1) is 27.8 Å². The Kier molecular flexibility index (Phi) is 7.20. The molecule has 0 aliphatic carbocycles. The molecule has 0 fully saturated rings. The monoisotopic (exact) mass is 486 g/mol. The summed E-state index contributed by atoms with van der Waals surface area (Å²) in [5, 5.41) is 0. The topological polar surface area (TPSA) is 88.1 Å². The maximum atomic E-state index is 13.7. The van der Waals surface area contributed by atoms with Crippen molar-refractivity contribution in [2.45, 2.75) is 18.4 Å². The van der Waals surface area contributed by atoms with Crippen LogP contribution < -0.4 is 9.47 Å². The Morgan fingerprint density at radius 3 is 1.92 bits per heavy atom. The maximum absolute atomic E-state index is 13.7. The van der Waals surface area contributed by atoms with Crippen LogP contribution >= 0.6 is 0 Å². The van der Waals surface area contributed by atoms with Gasteiger partial charge in [0.2, 0.25) is 5.60 Å². The van der Waals surface area contributed by atoms with Gasteiger partial charge in [0.1, 0.15) is 17.3 Å². The van der Waals surface area contributed by atoms with Crippen LogP contribution in [-0.2, 0) is 14.3 Å². The largest absolute Gasteiger partial charge is 0.497 e. The second-order valence-electron chi connectivity index (χ2n) is 8.32. The van der Waals surface area contributed by atoms with Crippen molar-refractivity contribution in [1.82, 2.24) is 0 Å². The molecule has 36 heavy (non-hydrogen) atoms. The van der Waals surface area contributed by atoms with Gasteiger partial charge in [-0.2, -0.15) is 0 Å². The Hall–Kier alpha value is -4.39. The van der Waals surface area contributed by atoms with E-state index in [0.717, 1.165) is 0 Å². The third-order valence-corrected chi connectivity index (χ3v) is 6.11. The molecule has 0 radical (unpaired) electrons. The van der Waals surface area contributed by atoms with E-state index in [1.165, 1.54) is 7.11 Å². The lowest BCUT2D eigenvalue weighted by molar-refractivity contribution is -0.159. The smallest absolute Gasteiger partial charge is 0.351 e. The molecule has 0 saturated carbocycles. The van der Waals surface area contributed by atoms with Crippen LogP contribution in [0.25, 0.3) is 5.76 Å². The number of carbonyl (C=O) groups excluding carboxylic acids is 3. The molecule has 3 aromatic rings. The number of ketones is 2. The summed E-state index contributed by atoms with van der Waals surface area (Å²) in [4.78, 5) is 39.9. The van der Waals surface area contributed by atoms with Crippen LogP contribution in [0.3, 0.4) is 0 Å². The van der Waals surface area contributed by atoms with Crippen molar-refractivity contribution in [2.75, 3.05) is 21.3 Å². The van der Waals surface area contributed by atoms with Gasteiger partial charge in [-0.1, -0.05) is 30.3 Å². The molecule has 0 amide bonds. The minimum Gasteiger partial charge on any atom is -0.497 e. The first-order valence-electron chi connectivity index (χ1n) is 11.3. The summed E-state index contributed by atoms with van der Waals surface area (Å²) in [6.45, 7) is 0. The lowest BCUT2D eigenvalue weighted by Crippen LogP contribution is -2.42. The highest BCUT2D eigenvalue weighted by Gasteiger charge is 2.51. The molecule has 0 saturated heterocycles. The summed E-state index contributed by atoms with van der Waals surface area (Å²) >= 11 is 0. The highest BCUT2D eigenvalue weighted by molar-refractivity contribution is 6.14. The summed E-state index contributed by atoms with van der Waals surface area (Å²) in [6.07, 6.45) is -0.410. The lowest BCUT2D eigenvalue weighted by Gasteiger charge is -2.26. The van der Waals surface area contributed by atoms with E-state index >= 15 is 0 Å². The Bertz CT molecular complexity index is 1290. The number of rotatable bonds is 9. The molecule has 1 heterocycles. The zero-order valence-electron chi connectivity index (χ0n) is 20.3. The molecule has 0 spiro atoms. The van der Waals surface area contributed by atoms with Crippen LogP contribution in [0.5, 0.6) is 11.5 Å². The number of esters is 1. The van der Waals surface area contributed by atoms with E-state index in [0.29, 0.717) is 28.2 Å². The highest BCUT2D eigenvalue weighted by atomic mass is 16.6. The minimum absolute atomic E-state index is 0.121. The Morgan fingerprint density at radius 2 is 1.36 bits per heavy atom. The molecule has 1 atom stereocenters. The molecule has 7 heteroatoms. The average molecular weight is 487 g/mol. The van der Waals surface area contributed by atoms with Crippen LogP contribution in [0.2, 0.25) is 0 Å². The van der Waals surface area contributed by atoms with Crippen LogP contribution in [0.4, 0.5) is 0 Å². The van der Waals surface area contributed by atoms with Crippen molar-refractivity contribution in [2.24, 2.45) is 0 Å². The van der Waals surface area contributed by atoms with Gasteiger partial charge in [-0.25, -0.2) is 4.79 Å². The van der Waals surface area contributed by atoms with Gasteiger partial charge in [-0.05, 0) is 48.5 Å². The second kappa shape index (κ2) is 10.5. The van der Waals surface area contributed by atoms with Crippen molar-refractivity contribution in [3.8, 4) is 11.5 Å². The summed E-state index contributed by atoms with van der Waals surface area (Å²) in [7, 11) is 4.33. The fourth-order valence-electron chi connectivity index (χ4n) is 4.19. The quantitative estimate of drug-likeness (QED) is 0.314. The van der Waals surface area contributed by atoms with E-state index in [1.54, 1.807) is 93.1 Å². The Balaban J connectivity index is 1.77. The van der Waals surface area contributed by atoms with E-state index < -0.39 is 11.6 Å². The summed E-state index contributed by atoms with van der Waals surface area (Å²) in [5.41, 5.74) is -0.00281. The molecule has 7 nitrogen and oxygen atoms in total. The lowest BCUT2D eigenvalue weighted by atomic mass is 9.86. The first kappa shape index (κ1) is 24.7. The van der Waals surface area contributed by atoms with Gasteiger partial charge < -0.3 is 18.9 Å². The van der Waals surface area contributed by atoms with Crippen molar-refractivity contribution in [1.29, 1.82) is 0 Å². The highest BCUT2D eigenvalue weighted by Crippen LogP contribution is 2.44. The first-order chi connectivity index (χ1) is 17.4. The maximum Gasteiger partial charge on any atom is 0.351 e. The first-order valence-corrected chi connectivity index (χ1v) is 11.3. The SMILES string of the molecule is COC(=O)C1(CC(=O)c2ccccc2)CC(C(=O)c2ccc(OC)cc2)=C(c2ccc(OC)cc2)O1. The molecular weight excluding hydrogens is 460 g/mol. The van der Waals surface area contributed by atoms with Crippen molar-refractivity contribution < 1.29 is 33.3 Å². The van der Waals surface area contributed by atoms with Gasteiger partial charge in [0.25, 0.3) is 0 Å². The van der Waals surface area contributed by atoms with Crippen LogP contribution in [-0.4, -0.2) is 44.5 Å². The molecular formula is C29H26O7. The number of Topliss-reactive ketones (excluding diaryl/α,β-unsaturated/α-hetero) is 2. The minimum atomic E-state index is -1.69. The van der Waals surface area contributed by atoms with Gasteiger partial charge in [-0.15, -0.1) is 0 Å². The second-order valence-corrected chi connectivity index (χ2v) is 8.32. The summed E-state index contributed by atoms with van der Waals surface area (Å²) < 4.78 is 21.8. The number of ether oxygens (including phenoxy) is 4. The van der Waals surface area contributed by atoms with Crippen molar-refractivity contribution in [3.63, 3.8) is 0 Å². The summed E-state index contributed by atoms with van der Waals surface area (Å²) in [6, 6.07) is 22.2. The normalized spacial score (nSPS) is 16.8. The molecule has 0 N–H and O–H groups in total. The third-order valence-electron chi connectivity index (χ3n) is 6.11. The molecule has 3 aromatic carbocycles. The average Bonchev–Trinajstić information content (AvgIpc) is 3.33. The van der Waals surface area contributed by atoms with E-state index in [4.69, 9.17) is 18.9 Å². The van der Waals surface area contributed by atoms with Crippen LogP contribution in [0.1, 0.15) is 39.1 Å². The fraction of sp³-hybridized carbons (Fsp3) is 0.207. The Morgan fingerprint density at radius 1 is 0.778 bits per heavy atom. The standard InChI is InChI=1S/C29H26O7/c1-33-22-13-9-20(10-14-22)26(31)24-17-29(28(32)35-3,18-25(30)19-7-5-4-6-8-19)36-27(24)21-11-15-23(34-2)16-12-21/h4-16H,17-18H2,1-3H3.